The van der Waals surface area contributed by atoms with E-state index in [2.05, 4.69) is 10.8 Å². The summed E-state index contributed by atoms with van der Waals surface area (Å²) in [5.41, 5.74) is 0. The summed E-state index contributed by atoms with van der Waals surface area (Å²) in [6, 6.07) is 0. The summed E-state index contributed by atoms with van der Waals surface area (Å²) in [6.07, 6.45) is -3.86. The van der Waals surface area contributed by atoms with Gasteiger partial charge in [0.15, 0.2) is 5.75 Å². The first kappa shape index (κ1) is 11.4. The minimum Gasteiger partial charge on any atom is -0.259 e. The van der Waals surface area contributed by atoms with E-state index in [0.717, 1.165) is 6.08 Å². The standard InChI is InChI=1S/C5H6F3O3S/c1-2-3-11-12(9,10)4-5(6,7)8/h2-3H,1,4H2. The monoisotopic (exact) mass is 203 g/mol. The first-order valence-corrected chi connectivity index (χ1v) is 4.26. The van der Waals surface area contributed by atoms with Crippen molar-refractivity contribution in [3.63, 3.8) is 0 Å². The molecular formula is C5H6F3O3S. The predicted octanol–water partition coefficient (Wildman–Crippen LogP) is 1.24. The minimum atomic E-state index is -4.78. The Kier molecular flexibility index (Phi) is 3.72. The summed E-state index contributed by atoms with van der Waals surface area (Å²) in [5.74, 6) is -2.00. The van der Waals surface area contributed by atoms with Crippen LogP contribution >= 0.6 is 0 Å². The zero-order valence-electron chi connectivity index (χ0n) is 5.84. The maximum absolute atomic E-state index is 11.5. The van der Waals surface area contributed by atoms with Gasteiger partial charge in [-0.2, -0.15) is 21.6 Å². The Morgan fingerprint density at radius 3 is 2.25 bits per heavy atom. The molecule has 7 heteroatoms. The fourth-order valence-electron chi connectivity index (χ4n) is 0.358. The minimum absolute atomic E-state index is 0.571. The lowest BCUT2D eigenvalue weighted by Crippen LogP contribution is -2.23. The van der Waals surface area contributed by atoms with Crippen LogP contribution in [-0.4, -0.2) is 20.3 Å². The van der Waals surface area contributed by atoms with Gasteiger partial charge in [-0.1, -0.05) is 6.08 Å². The van der Waals surface area contributed by atoms with E-state index in [1.807, 2.05) is 0 Å². The van der Waals surface area contributed by atoms with E-state index in [0.29, 0.717) is 6.61 Å². The molecule has 0 aromatic heterocycles. The highest BCUT2D eigenvalue weighted by Gasteiger charge is 2.35. The molecule has 0 aliphatic rings. The van der Waals surface area contributed by atoms with E-state index in [9.17, 15) is 21.6 Å². The number of hydrogen-bond donors (Lipinski definition) is 0. The molecule has 0 aliphatic carbocycles. The summed E-state index contributed by atoms with van der Waals surface area (Å²) in [5, 5.41) is 0. The number of hydrogen-bond acceptors (Lipinski definition) is 3. The molecule has 0 aromatic carbocycles. The largest absolute Gasteiger partial charge is 0.405 e. The van der Waals surface area contributed by atoms with Crippen molar-refractivity contribution in [2.75, 3.05) is 5.75 Å². The molecule has 0 bridgehead atoms. The molecule has 0 heterocycles. The highest BCUT2D eigenvalue weighted by atomic mass is 32.2. The van der Waals surface area contributed by atoms with Crippen molar-refractivity contribution in [3.8, 4) is 0 Å². The van der Waals surface area contributed by atoms with Crippen molar-refractivity contribution < 1.29 is 25.8 Å². The SMILES string of the molecule is C=C[CH]OS(=O)(=O)CC(F)(F)F. The van der Waals surface area contributed by atoms with Crippen molar-refractivity contribution in [2.45, 2.75) is 6.18 Å². The van der Waals surface area contributed by atoms with E-state index in [1.54, 1.807) is 0 Å². The van der Waals surface area contributed by atoms with Crippen LogP contribution in [-0.2, 0) is 14.3 Å². The fourth-order valence-corrected chi connectivity index (χ4v) is 1.08. The number of alkyl halides is 3. The van der Waals surface area contributed by atoms with E-state index in [4.69, 9.17) is 0 Å². The molecule has 0 saturated heterocycles. The molecule has 0 N–H and O–H groups in total. The predicted molar refractivity (Wildman–Crippen MR) is 35.4 cm³/mol. The van der Waals surface area contributed by atoms with Crippen LogP contribution in [0.3, 0.4) is 0 Å². The van der Waals surface area contributed by atoms with Gasteiger partial charge in [-0.05, 0) is 0 Å². The van der Waals surface area contributed by atoms with Gasteiger partial charge < -0.3 is 0 Å². The van der Waals surface area contributed by atoms with E-state index in [-0.39, 0.29) is 0 Å². The molecule has 0 aromatic rings. The summed E-state index contributed by atoms with van der Waals surface area (Å²) in [6.45, 7) is 3.60. The second-order valence-corrected chi connectivity index (χ2v) is 3.38. The lowest BCUT2D eigenvalue weighted by Gasteiger charge is -2.05. The molecule has 3 nitrogen and oxygen atoms in total. The van der Waals surface area contributed by atoms with Crippen LogP contribution in [0.4, 0.5) is 13.2 Å². The molecular weight excluding hydrogens is 197 g/mol. The van der Waals surface area contributed by atoms with Crippen molar-refractivity contribution in [3.05, 3.63) is 19.3 Å². The Balaban J connectivity index is 4.15. The average molecular weight is 203 g/mol. The quantitative estimate of drug-likeness (QED) is 0.645. The molecule has 0 rings (SSSR count). The fraction of sp³-hybridized carbons (Fsp3) is 0.400. The molecule has 0 saturated carbocycles. The first-order valence-electron chi connectivity index (χ1n) is 2.69. The zero-order valence-corrected chi connectivity index (χ0v) is 6.65. The Bertz CT molecular complexity index is 241. The molecule has 71 valence electrons. The van der Waals surface area contributed by atoms with Crippen LogP contribution in [0, 0.1) is 6.61 Å². The van der Waals surface area contributed by atoms with E-state index >= 15 is 0 Å². The molecule has 0 fully saturated rings. The third-order valence-corrected chi connectivity index (χ3v) is 1.72. The lowest BCUT2D eigenvalue weighted by atomic mass is 10.7. The smallest absolute Gasteiger partial charge is 0.259 e. The number of rotatable bonds is 4. The Hall–Kier alpha value is -0.560. The molecule has 12 heavy (non-hydrogen) atoms. The van der Waals surface area contributed by atoms with Crippen LogP contribution in [0.1, 0.15) is 0 Å². The summed E-state index contributed by atoms with van der Waals surface area (Å²) < 4.78 is 59.0. The van der Waals surface area contributed by atoms with Gasteiger partial charge in [0.05, 0.1) is 0 Å². The van der Waals surface area contributed by atoms with Gasteiger partial charge in [0, 0.05) is 0 Å². The summed E-state index contributed by atoms with van der Waals surface area (Å²) >= 11 is 0. The first-order chi connectivity index (χ1) is 5.27. The van der Waals surface area contributed by atoms with Gasteiger partial charge >= 0.3 is 6.18 Å². The summed E-state index contributed by atoms with van der Waals surface area (Å²) in [4.78, 5) is 0. The second-order valence-electron chi connectivity index (χ2n) is 1.79. The molecule has 0 aliphatic heterocycles. The van der Waals surface area contributed by atoms with Crippen LogP contribution in [0.15, 0.2) is 12.7 Å². The second kappa shape index (κ2) is 3.90. The van der Waals surface area contributed by atoms with E-state index in [1.165, 1.54) is 0 Å². The van der Waals surface area contributed by atoms with Crippen molar-refractivity contribution >= 4 is 10.1 Å². The van der Waals surface area contributed by atoms with Gasteiger partial charge in [-0.15, -0.1) is 6.58 Å². The third kappa shape index (κ3) is 6.17. The van der Waals surface area contributed by atoms with E-state index < -0.39 is 22.0 Å². The average Bonchev–Trinajstić information content (AvgIpc) is 1.78. The normalized spacial score (nSPS) is 12.9. The molecule has 0 amide bonds. The van der Waals surface area contributed by atoms with Crippen LogP contribution < -0.4 is 0 Å². The molecule has 0 unspecified atom stereocenters. The van der Waals surface area contributed by atoms with Crippen LogP contribution in [0.25, 0.3) is 0 Å². The molecule has 1 radical (unpaired) electrons. The zero-order chi connectivity index (χ0) is 9.83. The van der Waals surface area contributed by atoms with Gasteiger partial charge in [0.25, 0.3) is 10.1 Å². The summed E-state index contributed by atoms with van der Waals surface area (Å²) in [7, 11) is -4.55. The molecule has 0 atom stereocenters. The Morgan fingerprint density at radius 2 is 1.92 bits per heavy atom. The molecule has 0 spiro atoms. The maximum atomic E-state index is 11.5. The maximum Gasteiger partial charge on any atom is 0.405 e. The lowest BCUT2D eigenvalue weighted by molar-refractivity contribution is -0.107. The van der Waals surface area contributed by atoms with Gasteiger partial charge in [-0.25, -0.2) is 0 Å². The van der Waals surface area contributed by atoms with Crippen LogP contribution in [0.5, 0.6) is 0 Å². The van der Waals surface area contributed by atoms with Gasteiger partial charge in [0.1, 0.15) is 6.61 Å². The number of halogens is 3. The van der Waals surface area contributed by atoms with Crippen molar-refractivity contribution in [2.24, 2.45) is 0 Å². The van der Waals surface area contributed by atoms with Gasteiger partial charge in [-0.3, -0.25) is 4.18 Å². The Morgan fingerprint density at radius 1 is 1.42 bits per heavy atom. The topological polar surface area (TPSA) is 43.4 Å². The van der Waals surface area contributed by atoms with Crippen LogP contribution in [0.2, 0.25) is 0 Å². The highest BCUT2D eigenvalue weighted by molar-refractivity contribution is 7.86. The van der Waals surface area contributed by atoms with Crippen molar-refractivity contribution in [1.29, 1.82) is 0 Å². The highest BCUT2D eigenvalue weighted by Crippen LogP contribution is 2.18. The third-order valence-electron chi connectivity index (χ3n) is 0.639. The van der Waals surface area contributed by atoms with Crippen molar-refractivity contribution in [1.82, 2.24) is 0 Å². The van der Waals surface area contributed by atoms with Gasteiger partial charge in [0.2, 0.25) is 0 Å². The Labute approximate surface area is 68.0 Å².